The maximum atomic E-state index is 5.69. The van der Waals surface area contributed by atoms with Crippen LogP contribution in [0.5, 0.6) is 0 Å². The number of nitrogens with two attached hydrogens (primary N) is 1. The normalized spacial score (nSPS) is 11.7. The molecule has 0 unspecified atom stereocenters. The van der Waals surface area contributed by atoms with Crippen molar-refractivity contribution < 1.29 is 0 Å². The molecule has 0 amide bonds. The molecule has 2 aromatic rings. The van der Waals surface area contributed by atoms with Gasteiger partial charge in [0.2, 0.25) is 0 Å². The van der Waals surface area contributed by atoms with Crippen LogP contribution in [0.25, 0.3) is 23.3 Å². The molecular weight excluding hydrogens is 314 g/mol. The topological polar surface area (TPSA) is 51.8 Å². The minimum Gasteiger partial charge on any atom is -0.375 e. The molecule has 4 heteroatoms. The molecule has 24 heavy (non-hydrogen) atoms. The summed E-state index contributed by atoms with van der Waals surface area (Å²) in [5.74, 6) is 0. The van der Waals surface area contributed by atoms with E-state index in [1.165, 1.54) is 11.3 Å². The molecule has 2 aromatic heterocycles. The Morgan fingerprint density at radius 3 is 2.58 bits per heavy atom. The van der Waals surface area contributed by atoms with Crippen LogP contribution in [0, 0.1) is 0 Å². The summed E-state index contributed by atoms with van der Waals surface area (Å²) in [6.07, 6.45) is 11.3. The molecule has 2 N–H and O–H groups in total. The lowest BCUT2D eigenvalue weighted by Gasteiger charge is -2.09. The summed E-state index contributed by atoms with van der Waals surface area (Å²) in [7, 11) is 0. The Hall–Kier alpha value is -2.72. The fourth-order valence-corrected chi connectivity index (χ4v) is 2.87. The predicted molar refractivity (Wildman–Crippen MR) is 107 cm³/mol. The van der Waals surface area contributed by atoms with E-state index in [0.29, 0.717) is 5.13 Å². The fraction of sp³-hybridized carbons (Fsp3) is 0.100. The number of hydrogen-bond acceptors (Lipinski definition) is 4. The van der Waals surface area contributed by atoms with Crippen molar-refractivity contribution in [2.45, 2.75) is 13.8 Å². The minimum absolute atomic E-state index is 0.558. The summed E-state index contributed by atoms with van der Waals surface area (Å²) in [6, 6.07) is 2.05. The van der Waals surface area contributed by atoms with Gasteiger partial charge in [0.15, 0.2) is 5.13 Å². The quantitative estimate of drug-likeness (QED) is 0.712. The Labute approximate surface area is 147 Å². The SMILES string of the molecule is C=Cc1ncc(C(=C)C(=C)/C=C(\C)c2cnc(N)s2)cc1/C=C\C. The van der Waals surface area contributed by atoms with Crippen molar-refractivity contribution in [2.24, 2.45) is 0 Å². The molecule has 0 spiro atoms. The van der Waals surface area contributed by atoms with Crippen molar-refractivity contribution in [3.8, 4) is 0 Å². The molecule has 0 bridgehead atoms. The van der Waals surface area contributed by atoms with Crippen molar-refractivity contribution in [3.63, 3.8) is 0 Å². The Morgan fingerprint density at radius 1 is 1.25 bits per heavy atom. The highest BCUT2D eigenvalue weighted by atomic mass is 32.1. The van der Waals surface area contributed by atoms with Crippen LogP contribution in [0.2, 0.25) is 0 Å². The van der Waals surface area contributed by atoms with Crippen LogP contribution in [-0.4, -0.2) is 9.97 Å². The molecule has 0 aliphatic heterocycles. The molecule has 2 rings (SSSR count). The van der Waals surface area contributed by atoms with Gasteiger partial charge in [-0.05, 0) is 42.7 Å². The standard InChI is InChI=1S/C20H21N3S/c1-6-8-16-10-17(11-22-18(16)7-2)15(5)13(3)9-14(4)19-12-23-20(21)24-19/h6-12H,2-3,5H2,1,4H3,(H2,21,23)/b8-6-,14-9+. The highest BCUT2D eigenvalue weighted by Crippen LogP contribution is 2.28. The van der Waals surface area contributed by atoms with Gasteiger partial charge in [-0.2, -0.15) is 0 Å². The Bertz CT molecular complexity index is 854. The second-order valence-corrected chi connectivity index (χ2v) is 6.36. The van der Waals surface area contributed by atoms with Gasteiger partial charge < -0.3 is 5.73 Å². The fourth-order valence-electron chi connectivity index (χ4n) is 2.22. The third-order valence-electron chi connectivity index (χ3n) is 3.53. The maximum Gasteiger partial charge on any atom is 0.180 e. The minimum atomic E-state index is 0.558. The van der Waals surface area contributed by atoms with Crippen molar-refractivity contribution in [2.75, 3.05) is 5.73 Å². The van der Waals surface area contributed by atoms with Gasteiger partial charge >= 0.3 is 0 Å². The van der Waals surface area contributed by atoms with Gasteiger partial charge in [-0.3, -0.25) is 4.98 Å². The summed E-state index contributed by atoms with van der Waals surface area (Å²) >= 11 is 1.45. The van der Waals surface area contributed by atoms with Crippen molar-refractivity contribution in [3.05, 3.63) is 77.6 Å². The van der Waals surface area contributed by atoms with Gasteiger partial charge in [-0.15, -0.1) is 0 Å². The van der Waals surface area contributed by atoms with Crippen molar-refractivity contribution >= 4 is 39.8 Å². The molecule has 0 aromatic carbocycles. The number of nitrogen functional groups attached to an aromatic ring is 1. The zero-order chi connectivity index (χ0) is 17.7. The van der Waals surface area contributed by atoms with E-state index in [2.05, 4.69) is 29.7 Å². The number of rotatable bonds is 6. The van der Waals surface area contributed by atoms with Crippen LogP contribution >= 0.6 is 11.3 Å². The first-order valence-corrected chi connectivity index (χ1v) is 8.31. The highest BCUT2D eigenvalue weighted by Gasteiger charge is 2.07. The lowest BCUT2D eigenvalue weighted by molar-refractivity contribution is 1.27. The van der Waals surface area contributed by atoms with Gasteiger partial charge in [0, 0.05) is 23.5 Å². The summed E-state index contributed by atoms with van der Waals surface area (Å²) in [4.78, 5) is 9.54. The maximum absolute atomic E-state index is 5.69. The third kappa shape index (κ3) is 3.97. The monoisotopic (exact) mass is 335 g/mol. The van der Waals surface area contributed by atoms with Gasteiger partial charge in [-0.25, -0.2) is 4.98 Å². The van der Waals surface area contributed by atoms with Crippen LogP contribution in [0.4, 0.5) is 5.13 Å². The van der Waals surface area contributed by atoms with E-state index in [-0.39, 0.29) is 0 Å². The second kappa shape index (κ2) is 7.70. The van der Waals surface area contributed by atoms with E-state index in [9.17, 15) is 0 Å². The first-order chi connectivity index (χ1) is 11.5. The lowest BCUT2D eigenvalue weighted by atomic mass is 9.98. The molecule has 0 aliphatic carbocycles. The number of allylic oxidation sites excluding steroid dienone is 5. The average molecular weight is 335 g/mol. The second-order valence-electron chi connectivity index (χ2n) is 5.30. The van der Waals surface area contributed by atoms with Crippen molar-refractivity contribution in [1.82, 2.24) is 9.97 Å². The Balaban J connectivity index is 2.29. The molecule has 3 nitrogen and oxygen atoms in total. The van der Waals surface area contributed by atoms with Gasteiger partial charge in [-0.1, -0.05) is 49.3 Å². The first-order valence-electron chi connectivity index (χ1n) is 7.50. The molecule has 0 aliphatic rings. The Morgan fingerprint density at radius 2 is 2.00 bits per heavy atom. The zero-order valence-electron chi connectivity index (χ0n) is 14.0. The highest BCUT2D eigenvalue weighted by molar-refractivity contribution is 7.16. The zero-order valence-corrected chi connectivity index (χ0v) is 14.9. The molecule has 0 saturated carbocycles. The molecular formula is C20H21N3S. The van der Waals surface area contributed by atoms with E-state index in [1.54, 1.807) is 18.5 Å². The van der Waals surface area contributed by atoms with Crippen molar-refractivity contribution in [1.29, 1.82) is 0 Å². The van der Waals surface area contributed by atoms with E-state index in [1.807, 2.05) is 38.1 Å². The molecule has 0 radical (unpaired) electrons. The van der Waals surface area contributed by atoms with E-state index in [4.69, 9.17) is 5.73 Å². The summed E-state index contributed by atoms with van der Waals surface area (Å²) in [6.45, 7) is 16.1. The van der Waals surface area contributed by atoms with Crippen LogP contribution in [0.3, 0.4) is 0 Å². The molecule has 2 heterocycles. The van der Waals surface area contributed by atoms with E-state index >= 15 is 0 Å². The van der Waals surface area contributed by atoms with Gasteiger partial charge in [0.25, 0.3) is 0 Å². The third-order valence-corrected chi connectivity index (χ3v) is 4.49. The smallest absolute Gasteiger partial charge is 0.180 e. The summed E-state index contributed by atoms with van der Waals surface area (Å²) in [5, 5.41) is 0.558. The largest absolute Gasteiger partial charge is 0.375 e. The van der Waals surface area contributed by atoms with Gasteiger partial charge in [0.1, 0.15) is 0 Å². The number of hydrogen-bond donors (Lipinski definition) is 1. The number of aromatic nitrogens is 2. The molecule has 0 atom stereocenters. The summed E-state index contributed by atoms with van der Waals surface area (Å²) in [5.41, 5.74) is 11.2. The number of anilines is 1. The van der Waals surface area contributed by atoms with Gasteiger partial charge in [0.05, 0.1) is 10.6 Å². The summed E-state index contributed by atoms with van der Waals surface area (Å²) < 4.78 is 0. The van der Waals surface area contributed by atoms with Crippen LogP contribution in [0.1, 0.15) is 35.5 Å². The number of pyridine rings is 1. The van der Waals surface area contributed by atoms with E-state index in [0.717, 1.165) is 38.4 Å². The average Bonchev–Trinajstić information content (AvgIpc) is 3.01. The first kappa shape index (κ1) is 17.6. The van der Waals surface area contributed by atoms with Crippen LogP contribution in [0.15, 0.2) is 55.9 Å². The molecule has 0 fully saturated rings. The number of nitrogens with zero attached hydrogens (tertiary/aromatic N) is 2. The lowest BCUT2D eigenvalue weighted by Crippen LogP contribution is -1.93. The van der Waals surface area contributed by atoms with E-state index < -0.39 is 0 Å². The van der Waals surface area contributed by atoms with Crippen LogP contribution < -0.4 is 5.73 Å². The predicted octanol–water partition coefficient (Wildman–Crippen LogP) is 5.47. The van der Waals surface area contributed by atoms with Crippen LogP contribution in [-0.2, 0) is 0 Å². The Kier molecular flexibility index (Phi) is 5.66. The molecule has 0 saturated heterocycles. The number of thiazole rings is 1. The molecule has 122 valence electrons.